The van der Waals surface area contributed by atoms with Crippen LogP contribution in [0.2, 0.25) is 0 Å². The van der Waals surface area contributed by atoms with E-state index in [0.717, 1.165) is 62.6 Å². The highest BCUT2D eigenvalue weighted by Crippen LogP contribution is 2.41. The first-order valence-electron chi connectivity index (χ1n) is 14.4. The average molecular weight is 556 g/mol. The number of rotatable bonds is 6. The minimum atomic E-state index is -0.869. The Kier molecular flexibility index (Phi) is 6.41. The first kappa shape index (κ1) is 26.2. The van der Waals surface area contributed by atoms with Crippen LogP contribution in [-0.2, 0) is 0 Å². The van der Waals surface area contributed by atoms with E-state index in [0.29, 0.717) is 30.6 Å². The number of carbonyl (C=O) groups is 1. The van der Waals surface area contributed by atoms with Gasteiger partial charge in [-0.05, 0) is 61.9 Å². The van der Waals surface area contributed by atoms with Crippen LogP contribution in [-0.4, -0.2) is 57.7 Å². The largest absolute Gasteiger partial charge is 0.388 e. The fourth-order valence-electron chi connectivity index (χ4n) is 6.32. The van der Waals surface area contributed by atoms with Gasteiger partial charge in [0.05, 0.1) is 39.1 Å². The van der Waals surface area contributed by atoms with Crippen LogP contribution in [0.25, 0.3) is 49.5 Å². The van der Waals surface area contributed by atoms with Gasteiger partial charge in [-0.15, -0.1) is 0 Å². The standard InChI is InChI=1S/C35H33N5O2/c1-39-18-16-35(42,17-19-39)22-38-33-27(34(36)41)11-7-15-31(33)40-29-13-5-3-9-26(29)32-25(10-6-14-30(32)40)24-20-23-8-2-4-12-28(23)37-21-24/h2-15,20-21,38,42H,16-19,22H2,1H3,(H2,36,41). The lowest BCUT2D eigenvalue weighted by Crippen LogP contribution is -2.47. The van der Waals surface area contributed by atoms with Crippen LogP contribution < -0.4 is 11.1 Å². The van der Waals surface area contributed by atoms with Gasteiger partial charge in [0.1, 0.15) is 0 Å². The summed E-state index contributed by atoms with van der Waals surface area (Å²) >= 11 is 0. The van der Waals surface area contributed by atoms with Gasteiger partial charge in [0.15, 0.2) is 0 Å². The molecule has 3 heterocycles. The molecule has 0 spiro atoms. The Morgan fingerprint density at radius 2 is 1.69 bits per heavy atom. The van der Waals surface area contributed by atoms with Crippen molar-refractivity contribution in [1.29, 1.82) is 0 Å². The SMILES string of the molecule is CN1CCC(O)(CNc2c(C(N)=O)cccc2-n2c3ccccc3c3c(-c4cnc5ccccc5c4)cccc32)CC1. The number of primary amides is 1. The first-order chi connectivity index (χ1) is 20.4. The molecule has 1 aliphatic heterocycles. The van der Waals surface area contributed by atoms with Crippen molar-refractivity contribution in [1.82, 2.24) is 14.5 Å². The Balaban J connectivity index is 1.43. The maximum Gasteiger partial charge on any atom is 0.250 e. The van der Waals surface area contributed by atoms with E-state index in [1.54, 1.807) is 6.07 Å². The normalized spacial score (nSPS) is 15.4. The average Bonchev–Trinajstić information content (AvgIpc) is 3.35. The monoisotopic (exact) mass is 555 g/mol. The Morgan fingerprint density at radius 1 is 0.952 bits per heavy atom. The zero-order chi connectivity index (χ0) is 28.8. The molecule has 210 valence electrons. The van der Waals surface area contributed by atoms with Crippen LogP contribution in [0.1, 0.15) is 23.2 Å². The number of nitrogens with one attached hydrogen (secondary N) is 1. The zero-order valence-electron chi connectivity index (χ0n) is 23.5. The summed E-state index contributed by atoms with van der Waals surface area (Å²) in [7, 11) is 2.07. The lowest BCUT2D eigenvalue weighted by molar-refractivity contribution is -0.00404. The molecule has 6 aromatic rings. The minimum Gasteiger partial charge on any atom is -0.388 e. The summed E-state index contributed by atoms with van der Waals surface area (Å²) in [6.07, 6.45) is 3.25. The van der Waals surface area contributed by atoms with Crippen LogP contribution in [0.15, 0.2) is 97.2 Å². The first-order valence-corrected chi connectivity index (χ1v) is 14.4. The van der Waals surface area contributed by atoms with Gasteiger partial charge >= 0.3 is 0 Å². The van der Waals surface area contributed by atoms with Crippen molar-refractivity contribution in [2.24, 2.45) is 5.73 Å². The van der Waals surface area contributed by atoms with Gasteiger partial charge in [0.25, 0.3) is 5.91 Å². The molecule has 1 aliphatic rings. The molecule has 7 nitrogen and oxygen atoms in total. The number of nitrogens with zero attached hydrogens (tertiary/aromatic N) is 3. The molecule has 4 N–H and O–H groups in total. The number of piperidine rings is 1. The molecule has 0 atom stereocenters. The summed E-state index contributed by atoms with van der Waals surface area (Å²) in [5.74, 6) is -0.515. The lowest BCUT2D eigenvalue weighted by Gasteiger charge is -2.37. The lowest BCUT2D eigenvalue weighted by atomic mass is 9.91. The number of nitrogens with two attached hydrogens (primary N) is 1. The highest BCUT2D eigenvalue weighted by molar-refractivity contribution is 6.16. The number of anilines is 1. The number of pyridine rings is 1. The van der Waals surface area contributed by atoms with E-state index in [-0.39, 0.29) is 0 Å². The number of aromatic nitrogens is 2. The topological polar surface area (TPSA) is 96.4 Å². The van der Waals surface area contributed by atoms with E-state index in [1.807, 2.05) is 42.6 Å². The van der Waals surface area contributed by atoms with Gasteiger partial charge in [-0.3, -0.25) is 9.78 Å². The van der Waals surface area contributed by atoms with Crippen molar-refractivity contribution in [3.63, 3.8) is 0 Å². The zero-order valence-corrected chi connectivity index (χ0v) is 23.5. The van der Waals surface area contributed by atoms with E-state index in [1.165, 1.54) is 0 Å². The van der Waals surface area contributed by atoms with Crippen molar-refractivity contribution in [3.8, 4) is 16.8 Å². The molecular formula is C35H33N5O2. The summed E-state index contributed by atoms with van der Waals surface area (Å²) in [6.45, 7) is 1.97. The van der Waals surface area contributed by atoms with Crippen molar-refractivity contribution in [2.75, 3.05) is 32.0 Å². The van der Waals surface area contributed by atoms with E-state index >= 15 is 0 Å². The molecule has 42 heavy (non-hydrogen) atoms. The van der Waals surface area contributed by atoms with Gasteiger partial charge in [-0.25, -0.2) is 0 Å². The number of para-hydroxylation sites is 3. The van der Waals surface area contributed by atoms with Crippen LogP contribution in [0.4, 0.5) is 5.69 Å². The summed E-state index contributed by atoms with van der Waals surface area (Å²) in [4.78, 5) is 19.6. The van der Waals surface area contributed by atoms with Crippen LogP contribution in [0.5, 0.6) is 0 Å². The smallest absolute Gasteiger partial charge is 0.250 e. The molecule has 0 aliphatic carbocycles. The number of carbonyl (C=O) groups excluding carboxylic acids is 1. The van der Waals surface area contributed by atoms with E-state index in [2.05, 4.69) is 70.4 Å². The Morgan fingerprint density at radius 3 is 2.52 bits per heavy atom. The number of hydrogen-bond donors (Lipinski definition) is 3. The van der Waals surface area contributed by atoms with Gasteiger partial charge in [0.2, 0.25) is 0 Å². The second-order valence-corrected chi connectivity index (χ2v) is 11.4. The quantitative estimate of drug-likeness (QED) is 0.235. The van der Waals surface area contributed by atoms with Crippen molar-refractivity contribution < 1.29 is 9.90 Å². The van der Waals surface area contributed by atoms with E-state index in [9.17, 15) is 9.90 Å². The fourth-order valence-corrected chi connectivity index (χ4v) is 6.32. The third kappa shape index (κ3) is 4.47. The second-order valence-electron chi connectivity index (χ2n) is 11.4. The number of benzene rings is 4. The molecule has 1 saturated heterocycles. The predicted molar refractivity (Wildman–Crippen MR) is 170 cm³/mol. The Bertz CT molecular complexity index is 1970. The summed E-state index contributed by atoms with van der Waals surface area (Å²) in [5, 5.41) is 18.1. The maximum absolute atomic E-state index is 12.7. The predicted octanol–water partition coefficient (Wildman–Crippen LogP) is 5.97. The number of likely N-dealkylation sites (tertiary alicyclic amines) is 1. The van der Waals surface area contributed by atoms with E-state index in [4.69, 9.17) is 10.7 Å². The fraction of sp³-hybridized carbons (Fsp3) is 0.200. The molecule has 7 heteroatoms. The van der Waals surface area contributed by atoms with Crippen molar-refractivity contribution in [3.05, 3.63) is 103 Å². The van der Waals surface area contributed by atoms with Gasteiger partial charge in [-0.2, -0.15) is 0 Å². The molecule has 0 saturated carbocycles. The van der Waals surface area contributed by atoms with Crippen LogP contribution in [0, 0.1) is 0 Å². The number of aliphatic hydroxyl groups is 1. The molecule has 1 fully saturated rings. The van der Waals surface area contributed by atoms with Crippen molar-refractivity contribution >= 4 is 44.3 Å². The molecule has 7 rings (SSSR count). The number of hydrogen-bond acceptors (Lipinski definition) is 5. The third-order valence-electron chi connectivity index (χ3n) is 8.66. The molecular weight excluding hydrogens is 522 g/mol. The summed E-state index contributed by atoms with van der Waals surface area (Å²) < 4.78 is 2.19. The molecule has 4 aromatic carbocycles. The van der Waals surface area contributed by atoms with Gasteiger partial charge in [-0.1, -0.05) is 54.6 Å². The second kappa shape index (κ2) is 10.3. The molecule has 2 aromatic heterocycles. The highest BCUT2D eigenvalue weighted by Gasteiger charge is 2.32. The number of fused-ring (bicyclic) bond motifs is 4. The van der Waals surface area contributed by atoms with Crippen LogP contribution >= 0.6 is 0 Å². The summed E-state index contributed by atoms with van der Waals surface area (Å²) in [6, 6.07) is 30.6. The Labute approximate surface area is 244 Å². The molecule has 0 unspecified atom stereocenters. The minimum absolute atomic E-state index is 0.323. The summed E-state index contributed by atoms with van der Waals surface area (Å²) in [5.41, 5.74) is 12.0. The maximum atomic E-state index is 12.7. The third-order valence-corrected chi connectivity index (χ3v) is 8.66. The van der Waals surface area contributed by atoms with E-state index < -0.39 is 11.5 Å². The number of amides is 1. The van der Waals surface area contributed by atoms with Crippen LogP contribution in [0.3, 0.4) is 0 Å². The molecule has 1 amide bonds. The molecule has 0 bridgehead atoms. The highest BCUT2D eigenvalue weighted by atomic mass is 16.3. The van der Waals surface area contributed by atoms with Crippen molar-refractivity contribution in [2.45, 2.75) is 18.4 Å². The Hall–Kier alpha value is -4.72. The van der Waals surface area contributed by atoms with Gasteiger partial charge < -0.3 is 25.6 Å². The van der Waals surface area contributed by atoms with Gasteiger partial charge in [0, 0.05) is 47.6 Å². The molecule has 0 radical (unpaired) electrons.